The minimum absolute atomic E-state index is 0.0326. The molecule has 9 nitrogen and oxygen atoms in total. The Kier molecular flexibility index (Phi) is 7.11. The van der Waals surface area contributed by atoms with Crippen molar-refractivity contribution in [3.05, 3.63) is 0 Å². The highest BCUT2D eigenvalue weighted by molar-refractivity contribution is 5.95. The maximum atomic E-state index is 13.5. The van der Waals surface area contributed by atoms with E-state index in [9.17, 15) is 37.6 Å². The van der Waals surface area contributed by atoms with Crippen molar-refractivity contribution in [2.45, 2.75) is 84.7 Å². The zero-order valence-corrected chi connectivity index (χ0v) is 21.3. The van der Waals surface area contributed by atoms with Crippen LogP contribution in [-0.2, 0) is 19.2 Å². The lowest BCUT2D eigenvalue weighted by molar-refractivity contribution is -0.176. The van der Waals surface area contributed by atoms with Crippen molar-refractivity contribution in [2.75, 3.05) is 6.54 Å². The van der Waals surface area contributed by atoms with Crippen LogP contribution in [0.5, 0.6) is 0 Å². The number of nitriles is 1. The zero-order chi connectivity index (χ0) is 27.4. The Morgan fingerprint density at radius 1 is 1.22 bits per heavy atom. The molecule has 2 heterocycles. The van der Waals surface area contributed by atoms with Gasteiger partial charge < -0.3 is 20.9 Å². The van der Waals surface area contributed by atoms with E-state index in [0.29, 0.717) is 6.42 Å². The summed E-state index contributed by atoms with van der Waals surface area (Å²) < 4.78 is 38.9. The molecule has 0 aromatic heterocycles. The van der Waals surface area contributed by atoms with Crippen molar-refractivity contribution in [1.29, 1.82) is 5.26 Å². The minimum Gasteiger partial charge on any atom is -0.353 e. The number of piperidine rings is 1. The maximum absolute atomic E-state index is 13.5. The number of alkyl halides is 3. The number of rotatable bonds is 6. The fourth-order valence-electron chi connectivity index (χ4n) is 5.68. The van der Waals surface area contributed by atoms with Crippen LogP contribution in [0.1, 0.15) is 54.4 Å². The molecule has 3 N–H and O–H groups in total. The van der Waals surface area contributed by atoms with E-state index in [1.54, 1.807) is 0 Å². The monoisotopic (exact) mass is 513 g/mol. The van der Waals surface area contributed by atoms with Gasteiger partial charge in [0.05, 0.1) is 6.07 Å². The Bertz CT molecular complexity index is 984. The van der Waals surface area contributed by atoms with Gasteiger partial charge in [0.25, 0.3) is 0 Å². The number of halogens is 3. The fraction of sp³-hybridized carbons (Fsp3) is 0.792. The summed E-state index contributed by atoms with van der Waals surface area (Å²) in [6.07, 6.45) is -4.52. The van der Waals surface area contributed by atoms with Gasteiger partial charge in [-0.2, -0.15) is 18.4 Å². The minimum atomic E-state index is -5.17. The third kappa shape index (κ3) is 5.30. The summed E-state index contributed by atoms with van der Waals surface area (Å²) in [4.78, 5) is 51.9. The molecule has 1 aliphatic carbocycles. The summed E-state index contributed by atoms with van der Waals surface area (Å²) in [5.74, 6) is -4.50. The largest absolute Gasteiger partial charge is 0.471 e. The van der Waals surface area contributed by atoms with Gasteiger partial charge in [0.2, 0.25) is 17.7 Å². The highest BCUT2D eigenvalue weighted by atomic mass is 19.4. The molecule has 3 unspecified atom stereocenters. The number of amides is 4. The first kappa shape index (κ1) is 27.7. The Morgan fingerprint density at radius 3 is 2.31 bits per heavy atom. The third-order valence-electron chi connectivity index (χ3n) is 7.80. The second kappa shape index (κ2) is 9.23. The van der Waals surface area contributed by atoms with Crippen LogP contribution >= 0.6 is 0 Å². The summed E-state index contributed by atoms with van der Waals surface area (Å²) >= 11 is 0. The SMILES string of the molecule is CC1C[C@@H](C[C@@H](C#N)NC(=O)[C@@H]2[C@@H]3C(CN2C(=O)C(NC(=O)C(F)(F)F)C(C)(C)C)C3(C)C)C(=O)N1. The highest BCUT2D eigenvalue weighted by Crippen LogP contribution is 2.65. The number of carbonyl (C=O) groups excluding carboxylic acids is 4. The Labute approximate surface area is 208 Å². The van der Waals surface area contributed by atoms with Gasteiger partial charge in [-0.05, 0) is 42.4 Å². The van der Waals surface area contributed by atoms with Gasteiger partial charge in [0.1, 0.15) is 18.1 Å². The Balaban J connectivity index is 1.80. The molecule has 3 fully saturated rings. The average Bonchev–Trinajstić information content (AvgIpc) is 3.06. The van der Waals surface area contributed by atoms with E-state index in [1.807, 2.05) is 32.2 Å². The van der Waals surface area contributed by atoms with E-state index >= 15 is 0 Å². The molecular formula is C24H34F3N5O4. The van der Waals surface area contributed by atoms with E-state index in [2.05, 4.69) is 10.6 Å². The molecule has 0 bridgehead atoms. The topological polar surface area (TPSA) is 131 Å². The smallest absolute Gasteiger partial charge is 0.353 e. The van der Waals surface area contributed by atoms with Gasteiger partial charge in [0, 0.05) is 18.5 Å². The summed E-state index contributed by atoms with van der Waals surface area (Å²) in [5, 5.41) is 16.9. The molecule has 1 saturated carbocycles. The number of carbonyl (C=O) groups is 4. The molecule has 12 heteroatoms. The van der Waals surface area contributed by atoms with Crippen molar-refractivity contribution in [1.82, 2.24) is 20.9 Å². The van der Waals surface area contributed by atoms with Gasteiger partial charge in [0.15, 0.2) is 0 Å². The first-order valence-electron chi connectivity index (χ1n) is 12.1. The Morgan fingerprint density at radius 2 is 1.83 bits per heavy atom. The van der Waals surface area contributed by atoms with Crippen molar-refractivity contribution in [2.24, 2.45) is 28.6 Å². The molecule has 2 saturated heterocycles. The number of fused-ring (bicyclic) bond motifs is 1. The maximum Gasteiger partial charge on any atom is 0.471 e. The molecule has 0 spiro atoms. The average molecular weight is 514 g/mol. The lowest BCUT2D eigenvalue weighted by Gasteiger charge is -2.37. The normalized spacial score (nSPS) is 30.5. The number of nitrogens with zero attached hydrogens (tertiary/aromatic N) is 2. The van der Waals surface area contributed by atoms with Gasteiger partial charge >= 0.3 is 12.1 Å². The molecule has 200 valence electrons. The second-order valence-corrected chi connectivity index (χ2v) is 11.9. The van der Waals surface area contributed by atoms with E-state index in [0.717, 1.165) is 0 Å². The van der Waals surface area contributed by atoms with E-state index in [-0.39, 0.29) is 42.2 Å². The lowest BCUT2D eigenvalue weighted by atomic mass is 9.85. The quantitative estimate of drug-likeness (QED) is 0.495. The van der Waals surface area contributed by atoms with Crippen molar-refractivity contribution < 1.29 is 32.3 Å². The van der Waals surface area contributed by atoms with Gasteiger partial charge in [-0.25, -0.2) is 0 Å². The van der Waals surface area contributed by atoms with Crippen molar-refractivity contribution in [3.8, 4) is 6.07 Å². The van der Waals surface area contributed by atoms with Crippen LogP contribution in [0, 0.1) is 39.9 Å². The van der Waals surface area contributed by atoms with Crippen LogP contribution in [0.2, 0.25) is 0 Å². The highest BCUT2D eigenvalue weighted by Gasteiger charge is 2.70. The van der Waals surface area contributed by atoms with Crippen LogP contribution in [0.3, 0.4) is 0 Å². The summed E-state index contributed by atoms with van der Waals surface area (Å²) in [6.45, 7) is 10.5. The molecule has 36 heavy (non-hydrogen) atoms. The van der Waals surface area contributed by atoms with Crippen molar-refractivity contribution in [3.63, 3.8) is 0 Å². The number of hydrogen-bond acceptors (Lipinski definition) is 5. The molecule has 0 aromatic rings. The van der Waals surface area contributed by atoms with Crippen LogP contribution in [0.15, 0.2) is 0 Å². The number of likely N-dealkylation sites (tertiary alicyclic amines) is 1. The van der Waals surface area contributed by atoms with Crippen molar-refractivity contribution >= 4 is 23.6 Å². The third-order valence-corrected chi connectivity index (χ3v) is 7.80. The molecule has 0 radical (unpaired) electrons. The van der Waals surface area contributed by atoms with Crippen LogP contribution in [-0.4, -0.2) is 65.4 Å². The first-order valence-corrected chi connectivity index (χ1v) is 12.1. The zero-order valence-electron chi connectivity index (χ0n) is 21.3. The summed E-state index contributed by atoms with van der Waals surface area (Å²) in [6, 6.07) is -1.52. The van der Waals surface area contributed by atoms with Gasteiger partial charge in [-0.3, -0.25) is 19.2 Å². The predicted octanol–water partition coefficient (Wildman–Crippen LogP) is 1.49. The second-order valence-electron chi connectivity index (χ2n) is 11.9. The lowest BCUT2D eigenvalue weighted by Crippen LogP contribution is -2.61. The first-order chi connectivity index (χ1) is 16.4. The molecular weight excluding hydrogens is 479 g/mol. The number of nitrogens with one attached hydrogen (secondary N) is 3. The van der Waals surface area contributed by atoms with Crippen LogP contribution in [0.4, 0.5) is 13.2 Å². The van der Waals surface area contributed by atoms with E-state index < -0.39 is 53.4 Å². The van der Waals surface area contributed by atoms with Gasteiger partial charge in [-0.15, -0.1) is 0 Å². The molecule has 3 rings (SSSR count). The summed E-state index contributed by atoms with van der Waals surface area (Å²) in [7, 11) is 0. The van der Waals surface area contributed by atoms with Crippen LogP contribution < -0.4 is 16.0 Å². The molecule has 0 aromatic carbocycles. The standard InChI is InChI=1S/C24H34F3N5O4/c1-11-7-12(18(33)29-11)8-13(9-28)30-19(34)16-15-14(23(15,5)6)10-32(16)20(35)17(22(2,3)4)31-21(36)24(25,26)27/h11-17H,7-8,10H2,1-6H3,(H,29,33)(H,30,34)(H,31,36)/t11?,12-,13-,14?,15-,16-,17?/m0/s1. The fourth-order valence-corrected chi connectivity index (χ4v) is 5.68. The van der Waals surface area contributed by atoms with Gasteiger partial charge in [-0.1, -0.05) is 34.6 Å². The molecule has 4 amide bonds. The molecule has 2 aliphatic heterocycles. The van der Waals surface area contributed by atoms with E-state index in [4.69, 9.17) is 0 Å². The predicted molar refractivity (Wildman–Crippen MR) is 122 cm³/mol. The molecule has 3 aliphatic rings. The number of hydrogen-bond donors (Lipinski definition) is 3. The molecule has 7 atom stereocenters. The summed E-state index contributed by atoms with van der Waals surface area (Å²) in [5.41, 5.74) is -1.34. The Hall–Kier alpha value is -2.84. The van der Waals surface area contributed by atoms with Crippen LogP contribution in [0.25, 0.3) is 0 Å². The van der Waals surface area contributed by atoms with E-state index in [1.165, 1.54) is 25.7 Å².